The minimum Gasteiger partial charge on any atom is -0.380 e. The van der Waals surface area contributed by atoms with Crippen LogP contribution in [0.25, 0.3) is 0 Å². The molecule has 2 aromatic carbocycles. The highest BCUT2D eigenvalue weighted by molar-refractivity contribution is 5.92. The van der Waals surface area contributed by atoms with Gasteiger partial charge in [-0.2, -0.15) is 0 Å². The highest BCUT2D eigenvalue weighted by Crippen LogP contribution is 2.20. The van der Waals surface area contributed by atoms with Gasteiger partial charge < -0.3 is 10.2 Å². The molecule has 1 aliphatic rings. The number of nitrogens with one attached hydrogen (secondary N) is 1. The zero-order valence-electron chi connectivity index (χ0n) is 14.9. The molecule has 0 saturated carbocycles. The SMILES string of the molecule is O=C(c1ccc(NCc2ccccc2F)cn1)N1CCc2ccccc2C1. The molecule has 5 heteroatoms. The van der Waals surface area contributed by atoms with E-state index in [0.29, 0.717) is 30.9 Å². The van der Waals surface area contributed by atoms with E-state index in [1.807, 2.05) is 17.0 Å². The Balaban J connectivity index is 1.40. The van der Waals surface area contributed by atoms with Crippen LogP contribution in [0, 0.1) is 5.82 Å². The van der Waals surface area contributed by atoms with Gasteiger partial charge in [0.25, 0.3) is 5.91 Å². The summed E-state index contributed by atoms with van der Waals surface area (Å²) in [6, 6.07) is 18.4. The topological polar surface area (TPSA) is 45.2 Å². The Hall–Kier alpha value is -3.21. The lowest BCUT2D eigenvalue weighted by atomic mass is 10.00. The Morgan fingerprint density at radius 3 is 2.59 bits per heavy atom. The second-order valence-corrected chi connectivity index (χ2v) is 6.62. The lowest BCUT2D eigenvalue weighted by molar-refractivity contribution is 0.0729. The zero-order valence-corrected chi connectivity index (χ0v) is 14.9. The normalized spacial score (nSPS) is 13.1. The van der Waals surface area contributed by atoms with Crippen LogP contribution in [0.15, 0.2) is 66.9 Å². The first kappa shape index (κ1) is 17.2. The fourth-order valence-electron chi connectivity index (χ4n) is 3.30. The fraction of sp³-hybridized carbons (Fsp3) is 0.182. The smallest absolute Gasteiger partial charge is 0.272 e. The minimum absolute atomic E-state index is 0.0647. The van der Waals surface area contributed by atoms with Crippen LogP contribution in [0.5, 0.6) is 0 Å². The van der Waals surface area contributed by atoms with E-state index in [2.05, 4.69) is 22.4 Å². The summed E-state index contributed by atoms with van der Waals surface area (Å²) in [5.74, 6) is -0.305. The molecule has 1 amide bonds. The number of carbonyl (C=O) groups excluding carboxylic acids is 1. The number of anilines is 1. The Kier molecular flexibility index (Phi) is 4.83. The van der Waals surface area contributed by atoms with Gasteiger partial charge in [0, 0.05) is 25.2 Å². The van der Waals surface area contributed by atoms with Crippen LogP contribution in [0.4, 0.5) is 10.1 Å². The van der Waals surface area contributed by atoms with E-state index in [-0.39, 0.29) is 11.7 Å². The number of nitrogens with zero attached hydrogens (tertiary/aromatic N) is 2. The lowest BCUT2D eigenvalue weighted by Crippen LogP contribution is -2.36. The van der Waals surface area contributed by atoms with Crippen molar-refractivity contribution in [3.8, 4) is 0 Å². The van der Waals surface area contributed by atoms with Gasteiger partial charge in [-0.15, -0.1) is 0 Å². The van der Waals surface area contributed by atoms with E-state index in [9.17, 15) is 9.18 Å². The summed E-state index contributed by atoms with van der Waals surface area (Å²) in [4.78, 5) is 18.9. The van der Waals surface area contributed by atoms with Crippen LogP contribution in [-0.2, 0) is 19.5 Å². The van der Waals surface area contributed by atoms with Gasteiger partial charge in [0.15, 0.2) is 0 Å². The number of pyridine rings is 1. The Morgan fingerprint density at radius 1 is 1.04 bits per heavy atom. The molecule has 0 radical (unpaired) electrons. The van der Waals surface area contributed by atoms with E-state index >= 15 is 0 Å². The van der Waals surface area contributed by atoms with Crippen molar-refractivity contribution in [3.63, 3.8) is 0 Å². The summed E-state index contributed by atoms with van der Waals surface area (Å²) in [5, 5.41) is 3.13. The van der Waals surface area contributed by atoms with Gasteiger partial charge in [-0.1, -0.05) is 42.5 Å². The van der Waals surface area contributed by atoms with E-state index in [1.54, 1.807) is 36.5 Å². The average molecular weight is 361 g/mol. The molecule has 0 atom stereocenters. The third-order valence-corrected chi connectivity index (χ3v) is 4.84. The highest BCUT2D eigenvalue weighted by Gasteiger charge is 2.22. The molecule has 3 aromatic rings. The van der Waals surface area contributed by atoms with Crippen molar-refractivity contribution in [2.24, 2.45) is 0 Å². The molecule has 2 heterocycles. The molecule has 0 unspecified atom stereocenters. The summed E-state index contributed by atoms with van der Waals surface area (Å²) < 4.78 is 13.7. The number of aromatic nitrogens is 1. The number of hydrogen-bond donors (Lipinski definition) is 1. The van der Waals surface area contributed by atoms with Crippen molar-refractivity contribution in [2.45, 2.75) is 19.5 Å². The van der Waals surface area contributed by atoms with Gasteiger partial charge in [-0.3, -0.25) is 4.79 Å². The van der Waals surface area contributed by atoms with Crippen LogP contribution >= 0.6 is 0 Å². The Morgan fingerprint density at radius 2 is 1.81 bits per heavy atom. The fourth-order valence-corrected chi connectivity index (χ4v) is 3.30. The van der Waals surface area contributed by atoms with Crippen LogP contribution in [0.2, 0.25) is 0 Å². The average Bonchev–Trinajstić information content (AvgIpc) is 2.73. The summed E-state index contributed by atoms with van der Waals surface area (Å²) in [6.45, 7) is 1.68. The Labute approximate surface area is 157 Å². The predicted octanol–water partition coefficient (Wildman–Crippen LogP) is 4.03. The molecule has 4 nitrogen and oxygen atoms in total. The van der Waals surface area contributed by atoms with E-state index in [0.717, 1.165) is 12.1 Å². The number of rotatable bonds is 4. The molecule has 4 rings (SSSR count). The first-order valence-corrected chi connectivity index (χ1v) is 9.00. The van der Waals surface area contributed by atoms with Crippen molar-refractivity contribution < 1.29 is 9.18 Å². The third kappa shape index (κ3) is 3.82. The molecule has 0 saturated heterocycles. The third-order valence-electron chi connectivity index (χ3n) is 4.84. The lowest BCUT2D eigenvalue weighted by Gasteiger charge is -2.28. The standard InChI is InChI=1S/C22H20FN3O/c23-20-8-4-3-6-17(20)13-24-19-9-10-21(25-14-19)22(27)26-12-11-16-5-1-2-7-18(16)15-26/h1-10,14,24H,11-13,15H2. The number of halogens is 1. The van der Waals surface area contributed by atoms with Crippen molar-refractivity contribution in [1.29, 1.82) is 0 Å². The van der Waals surface area contributed by atoms with Gasteiger partial charge in [-0.25, -0.2) is 9.37 Å². The van der Waals surface area contributed by atoms with Gasteiger partial charge in [-0.05, 0) is 35.7 Å². The molecule has 0 bridgehead atoms. The van der Waals surface area contributed by atoms with Crippen LogP contribution < -0.4 is 5.32 Å². The van der Waals surface area contributed by atoms with Crippen molar-refractivity contribution in [1.82, 2.24) is 9.88 Å². The van der Waals surface area contributed by atoms with Crippen molar-refractivity contribution >= 4 is 11.6 Å². The Bertz CT molecular complexity index is 956. The van der Waals surface area contributed by atoms with Gasteiger partial charge in [0.05, 0.1) is 11.9 Å². The molecular weight excluding hydrogens is 341 g/mol. The molecule has 0 aliphatic carbocycles. The largest absolute Gasteiger partial charge is 0.380 e. The van der Waals surface area contributed by atoms with Crippen LogP contribution in [-0.4, -0.2) is 22.3 Å². The van der Waals surface area contributed by atoms with Gasteiger partial charge in [0.1, 0.15) is 11.5 Å². The second kappa shape index (κ2) is 7.58. The number of carbonyl (C=O) groups is 1. The maximum atomic E-state index is 13.7. The summed E-state index contributed by atoms with van der Waals surface area (Å²) in [7, 11) is 0. The van der Waals surface area contributed by atoms with Crippen LogP contribution in [0.3, 0.4) is 0 Å². The number of benzene rings is 2. The summed E-state index contributed by atoms with van der Waals surface area (Å²) >= 11 is 0. The van der Waals surface area contributed by atoms with E-state index in [4.69, 9.17) is 0 Å². The number of amides is 1. The van der Waals surface area contributed by atoms with Crippen molar-refractivity contribution in [3.05, 3.63) is 95.1 Å². The number of fused-ring (bicyclic) bond motifs is 1. The first-order chi connectivity index (χ1) is 13.2. The van der Waals surface area contributed by atoms with Crippen molar-refractivity contribution in [2.75, 3.05) is 11.9 Å². The minimum atomic E-state index is -0.241. The van der Waals surface area contributed by atoms with Gasteiger partial charge >= 0.3 is 0 Å². The molecule has 0 spiro atoms. The molecule has 1 aromatic heterocycles. The molecular formula is C22H20FN3O. The first-order valence-electron chi connectivity index (χ1n) is 9.00. The van der Waals surface area contributed by atoms with E-state index < -0.39 is 0 Å². The van der Waals surface area contributed by atoms with Gasteiger partial charge in [0.2, 0.25) is 0 Å². The summed E-state index contributed by atoms with van der Waals surface area (Å²) in [6.07, 6.45) is 2.48. The number of hydrogen-bond acceptors (Lipinski definition) is 3. The predicted molar refractivity (Wildman–Crippen MR) is 103 cm³/mol. The molecule has 1 N–H and O–H groups in total. The zero-order chi connectivity index (χ0) is 18.6. The molecule has 27 heavy (non-hydrogen) atoms. The molecule has 0 fully saturated rings. The highest BCUT2D eigenvalue weighted by atomic mass is 19.1. The maximum Gasteiger partial charge on any atom is 0.272 e. The van der Waals surface area contributed by atoms with Crippen LogP contribution in [0.1, 0.15) is 27.2 Å². The molecule has 136 valence electrons. The van der Waals surface area contributed by atoms with E-state index in [1.165, 1.54) is 17.2 Å². The maximum absolute atomic E-state index is 13.7. The monoisotopic (exact) mass is 361 g/mol. The second-order valence-electron chi connectivity index (χ2n) is 6.62. The molecule has 1 aliphatic heterocycles. The quantitative estimate of drug-likeness (QED) is 0.763. The summed E-state index contributed by atoms with van der Waals surface area (Å²) in [5.41, 5.74) is 4.26.